The Hall–Kier alpha value is -2.39. The first-order valence-corrected chi connectivity index (χ1v) is 6.98. The molecule has 7 heteroatoms. The van der Waals surface area contributed by atoms with Crippen LogP contribution in [0.25, 0.3) is 0 Å². The van der Waals surface area contributed by atoms with Gasteiger partial charge in [0, 0.05) is 44.8 Å². The zero-order valence-corrected chi connectivity index (χ0v) is 12.0. The molecule has 2 aromatic rings. The van der Waals surface area contributed by atoms with Crippen molar-refractivity contribution in [3.63, 3.8) is 0 Å². The number of piperazine rings is 1. The molecule has 0 N–H and O–H groups in total. The molecule has 1 aliphatic rings. The van der Waals surface area contributed by atoms with Crippen LogP contribution < -0.4 is 9.80 Å². The number of rotatable bonds is 2. The van der Waals surface area contributed by atoms with Crippen LogP contribution in [0.4, 0.5) is 11.6 Å². The van der Waals surface area contributed by atoms with E-state index in [0.29, 0.717) is 16.5 Å². The molecule has 0 atom stereocenters. The molecule has 0 radical (unpaired) electrons. The highest BCUT2D eigenvalue weighted by Crippen LogP contribution is 2.20. The van der Waals surface area contributed by atoms with Gasteiger partial charge in [-0.05, 0) is 12.1 Å². The number of anilines is 2. The first-order chi connectivity index (χ1) is 10.3. The molecule has 1 saturated heterocycles. The van der Waals surface area contributed by atoms with Gasteiger partial charge in [0.25, 0.3) is 0 Å². The molecule has 3 rings (SSSR count). The maximum Gasteiger partial charge on any atom is 0.183 e. The Balaban J connectivity index is 1.70. The highest BCUT2D eigenvalue weighted by molar-refractivity contribution is 6.30. The van der Waals surface area contributed by atoms with E-state index in [-0.39, 0.29) is 0 Å². The quantitative estimate of drug-likeness (QED) is 0.841. The van der Waals surface area contributed by atoms with Gasteiger partial charge >= 0.3 is 0 Å². The Kier molecular flexibility index (Phi) is 3.84. The lowest BCUT2D eigenvalue weighted by Gasteiger charge is -2.36. The molecule has 0 saturated carbocycles. The highest BCUT2D eigenvalue weighted by atomic mass is 35.5. The van der Waals surface area contributed by atoms with Crippen LogP contribution in [-0.2, 0) is 0 Å². The molecule has 0 unspecified atom stereocenters. The number of hydrogen-bond acceptors (Lipinski definition) is 6. The minimum Gasteiger partial charge on any atom is -0.353 e. The number of halogens is 1. The monoisotopic (exact) mass is 300 g/mol. The Bertz CT molecular complexity index is 658. The molecule has 106 valence electrons. The summed E-state index contributed by atoms with van der Waals surface area (Å²) in [6.07, 6.45) is 4.80. The number of nitriles is 1. The van der Waals surface area contributed by atoms with Gasteiger partial charge in [0.2, 0.25) is 0 Å². The third-order valence-corrected chi connectivity index (χ3v) is 3.62. The number of pyridine rings is 1. The van der Waals surface area contributed by atoms with Gasteiger partial charge in [-0.2, -0.15) is 5.26 Å². The van der Waals surface area contributed by atoms with E-state index in [1.807, 2.05) is 12.1 Å². The first-order valence-electron chi connectivity index (χ1n) is 6.60. The van der Waals surface area contributed by atoms with Gasteiger partial charge in [0.1, 0.15) is 11.9 Å². The summed E-state index contributed by atoms with van der Waals surface area (Å²) in [6.45, 7) is 3.18. The van der Waals surface area contributed by atoms with Crippen molar-refractivity contribution in [1.29, 1.82) is 5.26 Å². The Morgan fingerprint density at radius 1 is 1.00 bits per heavy atom. The molecule has 0 spiro atoms. The fraction of sp³-hybridized carbons (Fsp3) is 0.286. The molecular formula is C14H13ClN6. The fourth-order valence-corrected chi connectivity index (χ4v) is 2.46. The standard InChI is InChI=1S/C14H13ClN6/c15-11-1-2-13(19-10-11)20-5-7-21(8-6-20)14-12(9-16)17-3-4-18-14/h1-4,10H,5-8H2. The first kappa shape index (κ1) is 13.6. The van der Waals surface area contributed by atoms with Crippen molar-refractivity contribution in [3.8, 4) is 6.07 Å². The van der Waals surface area contributed by atoms with Crippen molar-refractivity contribution in [1.82, 2.24) is 15.0 Å². The van der Waals surface area contributed by atoms with E-state index in [2.05, 4.69) is 30.8 Å². The number of hydrogen-bond donors (Lipinski definition) is 0. The van der Waals surface area contributed by atoms with Crippen molar-refractivity contribution in [2.45, 2.75) is 0 Å². The van der Waals surface area contributed by atoms with Crippen molar-refractivity contribution in [2.24, 2.45) is 0 Å². The average molecular weight is 301 g/mol. The summed E-state index contributed by atoms with van der Waals surface area (Å²) in [5.41, 5.74) is 0.371. The maximum atomic E-state index is 9.09. The maximum absolute atomic E-state index is 9.09. The van der Waals surface area contributed by atoms with Crippen molar-refractivity contribution in [2.75, 3.05) is 36.0 Å². The summed E-state index contributed by atoms with van der Waals surface area (Å²) in [5.74, 6) is 1.57. The van der Waals surface area contributed by atoms with Crippen LogP contribution in [0.1, 0.15) is 5.69 Å². The summed E-state index contributed by atoms with van der Waals surface area (Å²) in [4.78, 5) is 16.9. The van der Waals surface area contributed by atoms with Crippen LogP contribution in [-0.4, -0.2) is 41.1 Å². The van der Waals surface area contributed by atoms with E-state index in [1.165, 1.54) is 6.20 Å². The molecule has 21 heavy (non-hydrogen) atoms. The summed E-state index contributed by atoms with van der Waals surface area (Å²) >= 11 is 5.85. The molecule has 2 aromatic heterocycles. The lowest BCUT2D eigenvalue weighted by molar-refractivity contribution is 0.640. The summed E-state index contributed by atoms with van der Waals surface area (Å²) in [5, 5.41) is 9.73. The summed E-state index contributed by atoms with van der Waals surface area (Å²) in [6, 6.07) is 5.84. The lowest BCUT2D eigenvalue weighted by atomic mass is 10.3. The molecule has 6 nitrogen and oxygen atoms in total. The van der Waals surface area contributed by atoms with Crippen LogP contribution in [0.3, 0.4) is 0 Å². The minimum absolute atomic E-state index is 0.371. The Morgan fingerprint density at radius 2 is 1.71 bits per heavy atom. The summed E-state index contributed by atoms with van der Waals surface area (Å²) < 4.78 is 0. The molecule has 0 bridgehead atoms. The van der Waals surface area contributed by atoms with Crippen molar-refractivity contribution < 1.29 is 0 Å². The van der Waals surface area contributed by atoms with Crippen molar-refractivity contribution >= 4 is 23.2 Å². The molecular weight excluding hydrogens is 288 g/mol. The van der Waals surface area contributed by atoms with Gasteiger partial charge in [-0.3, -0.25) is 0 Å². The second-order valence-electron chi connectivity index (χ2n) is 4.65. The molecule has 3 heterocycles. The van der Waals surface area contributed by atoms with E-state index >= 15 is 0 Å². The minimum atomic E-state index is 0.371. The van der Waals surface area contributed by atoms with Crippen LogP contribution in [0.5, 0.6) is 0 Å². The van der Waals surface area contributed by atoms with E-state index in [9.17, 15) is 0 Å². The van der Waals surface area contributed by atoms with Crippen molar-refractivity contribution in [3.05, 3.63) is 41.4 Å². The largest absolute Gasteiger partial charge is 0.353 e. The van der Waals surface area contributed by atoms with E-state index in [4.69, 9.17) is 16.9 Å². The van der Waals surface area contributed by atoms with Gasteiger partial charge in [-0.25, -0.2) is 15.0 Å². The smallest absolute Gasteiger partial charge is 0.183 e. The predicted molar refractivity (Wildman–Crippen MR) is 80.4 cm³/mol. The predicted octanol–water partition coefficient (Wildman–Crippen LogP) is 1.72. The van der Waals surface area contributed by atoms with E-state index in [1.54, 1.807) is 12.4 Å². The fourth-order valence-electron chi connectivity index (χ4n) is 2.34. The third-order valence-electron chi connectivity index (χ3n) is 3.40. The molecule has 0 amide bonds. The van der Waals surface area contributed by atoms with E-state index in [0.717, 1.165) is 32.0 Å². The molecule has 1 fully saturated rings. The molecule has 0 aliphatic carbocycles. The second-order valence-corrected chi connectivity index (χ2v) is 5.09. The number of nitrogens with zero attached hydrogens (tertiary/aromatic N) is 6. The number of aromatic nitrogens is 3. The Morgan fingerprint density at radius 3 is 2.38 bits per heavy atom. The van der Waals surface area contributed by atoms with Gasteiger partial charge in [-0.1, -0.05) is 11.6 Å². The van der Waals surface area contributed by atoms with Crippen LogP contribution in [0.2, 0.25) is 5.02 Å². The molecule has 1 aliphatic heterocycles. The normalized spacial score (nSPS) is 14.9. The second kappa shape index (κ2) is 5.94. The zero-order chi connectivity index (χ0) is 14.7. The third kappa shape index (κ3) is 2.88. The van der Waals surface area contributed by atoms with Gasteiger partial charge in [-0.15, -0.1) is 0 Å². The van der Waals surface area contributed by atoms with Gasteiger partial charge < -0.3 is 9.80 Å². The van der Waals surface area contributed by atoms with Gasteiger partial charge in [0.05, 0.1) is 5.02 Å². The average Bonchev–Trinajstić information content (AvgIpc) is 2.56. The van der Waals surface area contributed by atoms with Crippen LogP contribution in [0, 0.1) is 11.3 Å². The summed E-state index contributed by atoms with van der Waals surface area (Å²) in [7, 11) is 0. The van der Waals surface area contributed by atoms with Gasteiger partial charge in [0.15, 0.2) is 11.5 Å². The van der Waals surface area contributed by atoms with Crippen LogP contribution in [0.15, 0.2) is 30.7 Å². The topological polar surface area (TPSA) is 68.9 Å². The lowest BCUT2D eigenvalue weighted by Crippen LogP contribution is -2.47. The van der Waals surface area contributed by atoms with Crippen LogP contribution >= 0.6 is 11.6 Å². The highest BCUT2D eigenvalue weighted by Gasteiger charge is 2.21. The van der Waals surface area contributed by atoms with E-state index < -0.39 is 0 Å². The Labute approximate surface area is 127 Å². The zero-order valence-electron chi connectivity index (χ0n) is 11.3. The molecule has 0 aromatic carbocycles. The SMILES string of the molecule is N#Cc1nccnc1N1CCN(c2ccc(Cl)cn2)CC1.